The molecule has 0 radical (unpaired) electrons. The van der Waals surface area contributed by atoms with E-state index in [2.05, 4.69) is 26.0 Å². The lowest BCUT2D eigenvalue weighted by Gasteiger charge is -2.12. The monoisotopic (exact) mass is 338 g/mol. The fourth-order valence-electron chi connectivity index (χ4n) is 1.66. The van der Waals surface area contributed by atoms with E-state index in [4.69, 9.17) is 4.42 Å². The van der Waals surface area contributed by atoms with Gasteiger partial charge in [-0.05, 0) is 36.3 Å². The Labute approximate surface area is 117 Å². The normalized spacial score (nSPS) is 13.8. The van der Waals surface area contributed by atoms with E-state index in [-0.39, 0.29) is 15.6 Å². The smallest absolute Gasteiger partial charge is 0.245 e. The van der Waals surface area contributed by atoms with E-state index in [9.17, 15) is 8.42 Å². The number of furan rings is 1. The Morgan fingerprint density at radius 2 is 2.17 bits per heavy atom. The summed E-state index contributed by atoms with van der Waals surface area (Å²) in [6.07, 6.45) is 1.74. The third kappa shape index (κ3) is 4.08. The Kier molecular flexibility index (Phi) is 5.84. The van der Waals surface area contributed by atoms with E-state index in [1.807, 2.05) is 13.8 Å². The van der Waals surface area contributed by atoms with Crippen molar-refractivity contribution in [3.63, 3.8) is 0 Å². The fourth-order valence-corrected chi connectivity index (χ4v) is 3.94. The van der Waals surface area contributed by atoms with Gasteiger partial charge in [-0.15, -0.1) is 0 Å². The number of halogens is 1. The molecule has 0 aliphatic rings. The molecule has 0 saturated carbocycles. The summed E-state index contributed by atoms with van der Waals surface area (Å²) in [4.78, 5) is 0.149. The molecule has 0 fully saturated rings. The second-order valence-corrected chi connectivity index (χ2v) is 6.59. The zero-order chi connectivity index (χ0) is 13.8. The van der Waals surface area contributed by atoms with E-state index in [0.29, 0.717) is 12.3 Å². The zero-order valence-corrected chi connectivity index (χ0v) is 13.2. The van der Waals surface area contributed by atoms with Gasteiger partial charge in [-0.25, -0.2) is 13.1 Å². The van der Waals surface area contributed by atoms with Crippen molar-refractivity contribution in [3.8, 4) is 0 Å². The molecule has 1 atom stereocenters. The molecule has 0 aliphatic carbocycles. The van der Waals surface area contributed by atoms with Crippen LogP contribution in [-0.2, 0) is 16.6 Å². The standard InChI is InChI=1S/C11H19BrN2O3S/c1-4-5-8(2)14-18(15,16)10-6-9(7-13-3)17-11(10)12/h6,8,13-14H,4-5,7H2,1-3H3. The number of hydrogen-bond donors (Lipinski definition) is 2. The maximum atomic E-state index is 12.1. The molecule has 0 bridgehead atoms. The molecule has 0 amide bonds. The van der Waals surface area contributed by atoms with Gasteiger partial charge in [0.1, 0.15) is 10.7 Å². The van der Waals surface area contributed by atoms with Crippen molar-refractivity contribution in [1.82, 2.24) is 10.0 Å². The van der Waals surface area contributed by atoms with Crippen molar-refractivity contribution < 1.29 is 12.8 Å². The summed E-state index contributed by atoms with van der Waals surface area (Å²) in [6.45, 7) is 4.35. The van der Waals surface area contributed by atoms with Crippen LogP contribution in [0.25, 0.3) is 0 Å². The van der Waals surface area contributed by atoms with Crippen LogP contribution >= 0.6 is 15.9 Å². The van der Waals surface area contributed by atoms with Gasteiger partial charge in [0.2, 0.25) is 10.0 Å². The van der Waals surface area contributed by atoms with Crippen molar-refractivity contribution >= 4 is 26.0 Å². The first kappa shape index (κ1) is 15.7. The van der Waals surface area contributed by atoms with Crippen molar-refractivity contribution in [2.24, 2.45) is 0 Å². The second kappa shape index (κ2) is 6.70. The van der Waals surface area contributed by atoms with E-state index in [0.717, 1.165) is 12.8 Å². The van der Waals surface area contributed by atoms with Gasteiger partial charge >= 0.3 is 0 Å². The highest BCUT2D eigenvalue weighted by atomic mass is 79.9. The molecule has 2 N–H and O–H groups in total. The third-order valence-corrected chi connectivity index (χ3v) is 4.87. The van der Waals surface area contributed by atoms with Gasteiger partial charge in [-0.2, -0.15) is 0 Å². The SMILES string of the molecule is CCCC(C)NS(=O)(=O)c1cc(CNC)oc1Br. The van der Waals surface area contributed by atoms with E-state index < -0.39 is 10.0 Å². The van der Waals surface area contributed by atoms with Gasteiger partial charge in [0, 0.05) is 12.1 Å². The molecule has 1 rings (SSSR count). The number of rotatable bonds is 7. The maximum Gasteiger partial charge on any atom is 0.245 e. The summed E-state index contributed by atoms with van der Waals surface area (Å²) in [5, 5.41) is 2.91. The summed E-state index contributed by atoms with van der Waals surface area (Å²) >= 11 is 3.14. The van der Waals surface area contributed by atoms with Crippen LogP contribution in [0.1, 0.15) is 32.4 Å². The molecule has 1 aromatic heterocycles. The van der Waals surface area contributed by atoms with Gasteiger partial charge in [-0.3, -0.25) is 0 Å². The lowest BCUT2D eigenvalue weighted by Crippen LogP contribution is -2.32. The average Bonchev–Trinajstić information content (AvgIpc) is 2.60. The molecular weight excluding hydrogens is 320 g/mol. The first-order valence-corrected chi connectivity index (χ1v) is 8.13. The summed E-state index contributed by atoms with van der Waals surface area (Å²) < 4.78 is 32.5. The molecule has 1 aromatic rings. The molecule has 104 valence electrons. The predicted octanol–water partition coefficient (Wildman–Crippen LogP) is 2.23. The number of nitrogens with one attached hydrogen (secondary N) is 2. The molecule has 1 heterocycles. The van der Waals surface area contributed by atoms with Crippen LogP contribution in [0.3, 0.4) is 0 Å². The molecule has 7 heteroatoms. The molecule has 1 unspecified atom stereocenters. The van der Waals surface area contributed by atoms with Crippen LogP contribution in [0.15, 0.2) is 20.0 Å². The Balaban J connectivity index is 2.90. The molecule has 0 aromatic carbocycles. The van der Waals surface area contributed by atoms with Gasteiger partial charge < -0.3 is 9.73 Å². The lowest BCUT2D eigenvalue weighted by atomic mass is 10.2. The second-order valence-electron chi connectivity index (χ2n) is 4.19. The Bertz CT molecular complexity index is 484. The average molecular weight is 339 g/mol. The van der Waals surface area contributed by atoms with Crippen LogP contribution in [0.4, 0.5) is 0 Å². The van der Waals surface area contributed by atoms with Crippen molar-refractivity contribution in [3.05, 3.63) is 16.5 Å². The van der Waals surface area contributed by atoms with E-state index >= 15 is 0 Å². The molecule has 18 heavy (non-hydrogen) atoms. The number of hydrogen-bond acceptors (Lipinski definition) is 4. The highest BCUT2D eigenvalue weighted by molar-refractivity contribution is 9.10. The largest absolute Gasteiger partial charge is 0.452 e. The van der Waals surface area contributed by atoms with Crippen molar-refractivity contribution in [2.75, 3.05) is 7.05 Å². The zero-order valence-electron chi connectivity index (χ0n) is 10.8. The molecule has 5 nitrogen and oxygen atoms in total. The maximum absolute atomic E-state index is 12.1. The summed E-state index contributed by atoms with van der Waals surface area (Å²) in [5.41, 5.74) is 0. The van der Waals surface area contributed by atoms with Crippen LogP contribution in [-0.4, -0.2) is 21.5 Å². The van der Waals surface area contributed by atoms with Gasteiger partial charge in [0.25, 0.3) is 0 Å². The topological polar surface area (TPSA) is 71.3 Å². The first-order chi connectivity index (χ1) is 8.40. The molecular formula is C11H19BrN2O3S. The summed E-state index contributed by atoms with van der Waals surface area (Å²) in [5.74, 6) is 0.577. The third-order valence-electron chi connectivity index (χ3n) is 2.43. The minimum atomic E-state index is -3.53. The van der Waals surface area contributed by atoms with Crippen LogP contribution in [0, 0.1) is 0 Å². The lowest BCUT2D eigenvalue weighted by molar-refractivity contribution is 0.469. The fraction of sp³-hybridized carbons (Fsp3) is 0.636. The Morgan fingerprint density at radius 1 is 1.50 bits per heavy atom. The summed E-state index contributed by atoms with van der Waals surface area (Å²) in [6, 6.07) is 1.44. The number of sulfonamides is 1. The van der Waals surface area contributed by atoms with Crippen LogP contribution in [0.2, 0.25) is 0 Å². The highest BCUT2D eigenvalue weighted by Crippen LogP contribution is 2.26. The minimum Gasteiger partial charge on any atom is -0.452 e. The van der Waals surface area contributed by atoms with E-state index in [1.54, 1.807) is 7.05 Å². The molecule has 0 saturated heterocycles. The van der Waals surface area contributed by atoms with Crippen LogP contribution in [0.5, 0.6) is 0 Å². The Morgan fingerprint density at radius 3 is 2.72 bits per heavy atom. The highest BCUT2D eigenvalue weighted by Gasteiger charge is 2.23. The van der Waals surface area contributed by atoms with Gasteiger partial charge in [-0.1, -0.05) is 13.3 Å². The van der Waals surface area contributed by atoms with Gasteiger partial charge in [0.05, 0.1) is 6.54 Å². The summed E-state index contributed by atoms with van der Waals surface area (Å²) in [7, 11) is -1.76. The van der Waals surface area contributed by atoms with Crippen LogP contribution < -0.4 is 10.0 Å². The quantitative estimate of drug-likeness (QED) is 0.799. The van der Waals surface area contributed by atoms with E-state index in [1.165, 1.54) is 6.07 Å². The van der Waals surface area contributed by atoms with Crippen molar-refractivity contribution in [1.29, 1.82) is 0 Å². The molecule has 0 aliphatic heterocycles. The minimum absolute atomic E-state index is 0.0884. The Hall–Kier alpha value is -0.370. The van der Waals surface area contributed by atoms with Gasteiger partial charge in [0.15, 0.2) is 4.67 Å². The predicted molar refractivity (Wildman–Crippen MR) is 73.9 cm³/mol. The first-order valence-electron chi connectivity index (χ1n) is 5.85. The van der Waals surface area contributed by atoms with Crippen molar-refractivity contribution in [2.45, 2.75) is 44.2 Å². The molecule has 0 spiro atoms.